The van der Waals surface area contributed by atoms with Crippen LogP contribution in [0.2, 0.25) is 0 Å². The van der Waals surface area contributed by atoms with Crippen LogP contribution >= 0.6 is 0 Å². The molecule has 1 aliphatic carbocycles. The Morgan fingerprint density at radius 2 is 1.33 bits per heavy atom. The van der Waals surface area contributed by atoms with Crippen molar-refractivity contribution in [1.82, 2.24) is 0 Å². The maximum Gasteiger partial charge on any atom is 0.345 e. The van der Waals surface area contributed by atoms with Crippen molar-refractivity contribution in [2.75, 3.05) is 6.61 Å². The normalized spacial score (nSPS) is 14.0. The number of halogens is 4. The third kappa shape index (κ3) is 8.27. The molecule has 0 atom stereocenters. The van der Waals surface area contributed by atoms with Gasteiger partial charge in [0.15, 0.2) is 26.9 Å². The van der Waals surface area contributed by atoms with Crippen LogP contribution in [0.5, 0.6) is 5.75 Å². The minimum atomic E-state index is -1.22. The maximum absolute atomic E-state index is 14.0. The van der Waals surface area contributed by atoms with E-state index in [0.29, 0.717) is 16.6 Å². The number of esters is 1. The molecule has 3 aromatic carbocycles. The average molecular weight is 558 g/mol. The highest BCUT2D eigenvalue weighted by Gasteiger charge is 2.31. The first kappa shape index (κ1) is 28.6. The molecule has 0 heterocycles. The van der Waals surface area contributed by atoms with Gasteiger partial charge >= 0.3 is 5.97 Å². The highest BCUT2D eigenvalue weighted by molar-refractivity contribution is 7.97. The Balaban J connectivity index is 1.46. The van der Waals surface area contributed by atoms with E-state index in [1.165, 1.54) is 19.3 Å². The zero-order chi connectivity index (χ0) is 28.0. The number of rotatable bonds is 7. The lowest BCUT2D eigenvalue weighted by Gasteiger charge is -2.20. The monoisotopic (exact) mass is 557 g/mol. The van der Waals surface area contributed by atoms with E-state index < -0.39 is 45.7 Å². The molecule has 4 rings (SSSR count). The summed E-state index contributed by atoms with van der Waals surface area (Å²) < 4.78 is 67.2. The molecule has 1 aliphatic rings. The molecule has 204 valence electrons. The van der Waals surface area contributed by atoms with Gasteiger partial charge in [-0.2, -0.15) is 0 Å². The fourth-order valence-corrected chi connectivity index (χ4v) is 6.52. The van der Waals surface area contributed by atoms with Gasteiger partial charge < -0.3 is 9.47 Å². The van der Waals surface area contributed by atoms with Crippen molar-refractivity contribution >= 4 is 16.9 Å². The van der Waals surface area contributed by atoms with Crippen LogP contribution in [-0.4, -0.2) is 18.2 Å². The summed E-state index contributed by atoms with van der Waals surface area (Å²) in [7, 11) is -1.22. The molecule has 0 bridgehead atoms. The van der Waals surface area contributed by atoms with Gasteiger partial charge in [0, 0.05) is 42.3 Å². The van der Waals surface area contributed by atoms with Crippen LogP contribution in [0.4, 0.5) is 17.6 Å². The fourth-order valence-electron chi connectivity index (χ4n) is 4.38. The first-order chi connectivity index (χ1) is 18.6. The number of benzene rings is 3. The van der Waals surface area contributed by atoms with Gasteiger partial charge in [-0.15, -0.1) is 0 Å². The quantitative estimate of drug-likeness (QED) is 0.130. The Bertz CT molecular complexity index is 1280. The fraction of sp³-hybridized carbons (Fsp3) is 0.323. The van der Waals surface area contributed by atoms with Gasteiger partial charge in [-0.3, -0.25) is 0 Å². The molecule has 0 saturated heterocycles. The van der Waals surface area contributed by atoms with Gasteiger partial charge in [-0.25, -0.2) is 22.4 Å². The largest absolute Gasteiger partial charge is 0.482 e. The molecule has 8 heteroatoms. The molecule has 1 saturated carbocycles. The molecule has 0 unspecified atom stereocenters. The van der Waals surface area contributed by atoms with Gasteiger partial charge in [0.05, 0.1) is 10.9 Å². The van der Waals surface area contributed by atoms with Crippen LogP contribution in [0.1, 0.15) is 46.0 Å². The summed E-state index contributed by atoms with van der Waals surface area (Å²) in [6, 6.07) is 12.4. The van der Waals surface area contributed by atoms with Crippen molar-refractivity contribution in [3.8, 4) is 17.6 Å². The zero-order valence-corrected chi connectivity index (χ0v) is 22.6. The van der Waals surface area contributed by atoms with Crippen LogP contribution in [0.3, 0.4) is 0 Å². The Morgan fingerprint density at radius 1 is 0.821 bits per heavy atom. The number of ether oxygens (including phenoxy) is 2. The van der Waals surface area contributed by atoms with E-state index in [1.54, 1.807) is 38.1 Å². The summed E-state index contributed by atoms with van der Waals surface area (Å²) in [4.78, 5) is 13.4. The number of carbonyl (C=O) groups is 1. The van der Waals surface area contributed by atoms with Crippen molar-refractivity contribution < 1.29 is 31.8 Å². The molecule has 0 amide bonds. The molecule has 3 aromatic rings. The average Bonchev–Trinajstić information content (AvgIpc) is 2.86. The van der Waals surface area contributed by atoms with Gasteiger partial charge in [0.2, 0.25) is 0 Å². The van der Waals surface area contributed by atoms with Crippen LogP contribution in [0.25, 0.3) is 0 Å². The molecule has 39 heavy (non-hydrogen) atoms. The first-order valence-electron chi connectivity index (χ1n) is 12.7. The van der Waals surface area contributed by atoms with E-state index in [0.717, 1.165) is 49.2 Å². The minimum Gasteiger partial charge on any atom is -0.482 e. The molecule has 1 fully saturated rings. The number of hydrogen-bond donors (Lipinski definition) is 0. The second kappa shape index (κ2) is 12.6. The zero-order valence-electron chi connectivity index (χ0n) is 21.7. The first-order valence-corrected chi connectivity index (χ1v) is 13.9. The third-order valence-corrected chi connectivity index (χ3v) is 8.27. The lowest BCUT2D eigenvalue weighted by atomic mass is 9.89. The second-order valence-corrected chi connectivity index (χ2v) is 11.9. The summed E-state index contributed by atoms with van der Waals surface area (Å²) in [5.41, 5.74) is -0.948. The van der Waals surface area contributed by atoms with E-state index in [9.17, 15) is 22.4 Å². The molecule has 0 aromatic heterocycles. The van der Waals surface area contributed by atoms with Gasteiger partial charge in [-0.1, -0.05) is 31.1 Å². The molecule has 0 aliphatic heterocycles. The lowest BCUT2D eigenvalue weighted by molar-refractivity contribution is -0.154. The Morgan fingerprint density at radius 3 is 1.85 bits per heavy atom. The van der Waals surface area contributed by atoms with Crippen LogP contribution in [0.15, 0.2) is 75.4 Å². The summed E-state index contributed by atoms with van der Waals surface area (Å²) >= 11 is 0. The molecular weight excluding hydrogens is 528 g/mol. The Hall–Kier alpha value is -3.44. The van der Waals surface area contributed by atoms with Crippen LogP contribution in [0, 0.1) is 41.0 Å². The lowest BCUT2D eigenvalue weighted by Crippen LogP contribution is -2.29. The van der Waals surface area contributed by atoms with Crippen molar-refractivity contribution in [2.24, 2.45) is 5.92 Å². The van der Waals surface area contributed by atoms with Crippen LogP contribution in [-0.2, 0) is 20.4 Å². The maximum atomic E-state index is 14.0. The summed E-state index contributed by atoms with van der Waals surface area (Å²) in [5, 5.41) is 0. The summed E-state index contributed by atoms with van der Waals surface area (Å²) in [6.45, 7) is 3.13. The van der Waals surface area contributed by atoms with Crippen molar-refractivity contribution in [3.05, 3.63) is 83.9 Å². The number of carbonyl (C=O) groups excluding carboxylic acids is 1. The third-order valence-electron chi connectivity index (χ3n) is 6.11. The van der Waals surface area contributed by atoms with E-state index in [2.05, 4.69) is 11.8 Å². The molecular formula is C31H29F4O3S+. The van der Waals surface area contributed by atoms with E-state index in [4.69, 9.17) is 9.47 Å². The highest BCUT2D eigenvalue weighted by Crippen LogP contribution is 2.34. The standard InChI is InChI=1S/C31H29F4O3S/c1-31(2,13-12-21-6-4-3-5-7-21)38-30(36)20-37-26-8-10-27(11-9-26)39(28-16-22(32)14-23(33)17-28)29-18-24(34)15-25(35)19-29/h8-11,14-19,21H,3-7,20H2,1-2H3/q+1. The Labute approximate surface area is 228 Å². The van der Waals surface area contributed by atoms with E-state index >= 15 is 0 Å². The van der Waals surface area contributed by atoms with Crippen molar-refractivity contribution in [3.63, 3.8) is 0 Å². The van der Waals surface area contributed by atoms with Crippen molar-refractivity contribution in [1.29, 1.82) is 0 Å². The van der Waals surface area contributed by atoms with Crippen molar-refractivity contribution in [2.45, 2.75) is 66.2 Å². The summed E-state index contributed by atoms with van der Waals surface area (Å²) in [5.74, 6) is 3.21. The Kier molecular flexibility index (Phi) is 9.24. The van der Waals surface area contributed by atoms with Gasteiger partial charge in [0.25, 0.3) is 0 Å². The second-order valence-electron chi connectivity index (χ2n) is 9.87. The molecule has 0 radical (unpaired) electrons. The van der Waals surface area contributed by atoms with Gasteiger partial charge in [-0.05, 0) is 51.0 Å². The van der Waals surface area contributed by atoms with E-state index in [1.807, 2.05) is 0 Å². The highest BCUT2D eigenvalue weighted by atomic mass is 32.2. The smallest absolute Gasteiger partial charge is 0.345 e. The number of hydrogen-bond acceptors (Lipinski definition) is 3. The van der Waals surface area contributed by atoms with Crippen LogP contribution < -0.4 is 4.74 Å². The predicted molar refractivity (Wildman–Crippen MR) is 141 cm³/mol. The summed E-state index contributed by atoms with van der Waals surface area (Å²) in [6.07, 6.45) is 5.72. The van der Waals surface area contributed by atoms with Gasteiger partial charge in [0.1, 0.15) is 29.0 Å². The molecule has 0 spiro atoms. The predicted octanol–water partition coefficient (Wildman–Crippen LogP) is 7.62. The minimum absolute atomic E-state index is 0.214. The molecule has 0 N–H and O–H groups in total. The van der Waals surface area contributed by atoms with E-state index in [-0.39, 0.29) is 16.4 Å². The molecule has 3 nitrogen and oxygen atoms in total. The topological polar surface area (TPSA) is 35.5 Å². The SMILES string of the molecule is CC(C)(C#CC1CCCCC1)OC(=O)COc1ccc([S+](c2cc(F)cc(F)c2)c2cc(F)cc(F)c2)cc1.